The molecule has 0 bridgehead atoms. The first-order valence-corrected chi connectivity index (χ1v) is 9.17. The molecule has 1 rings (SSSR count). The molecule has 0 aliphatic carbocycles. The highest BCUT2D eigenvalue weighted by Gasteiger charge is 2.13. The van der Waals surface area contributed by atoms with Crippen LogP contribution in [0.1, 0.15) is 18.9 Å². The summed E-state index contributed by atoms with van der Waals surface area (Å²) in [7, 11) is -1.92. The number of nitrogens with zero attached hydrogens (tertiary/aromatic N) is 1. The van der Waals surface area contributed by atoms with Crippen LogP contribution in [-0.2, 0) is 21.4 Å². The normalized spacial score (nSPS) is 11.1. The lowest BCUT2D eigenvalue weighted by Crippen LogP contribution is -2.40. The first kappa shape index (κ1) is 19.2. The van der Waals surface area contributed by atoms with Gasteiger partial charge < -0.3 is 19.1 Å². The molecule has 2 amide bonds. The number of carbonyl (C=O) groups is 1. The third kappa shape index (κ3) is 7.85. The van der Waals surface area contributed by atoms with E-state index in [9.17, 15) is 13.2 Å². The van der Waals surface area contributed by atoms with E-state index >= 15 is 0 Å². The molecule has 130 valence electrons. The quantitative estimate of drug-likeness (QED) is 0.543. The highest BCUT2D eigenvalue weighted by molar-refractivity contribution is 7.86. The minimum absolute atomic E-state index is 0.139. The number of nitrogens with one attached hydrogen (secondary N) is 1. The van der Waals surface area contributed by atoms with Gasteiger partial charge in [-0.05, 0) is 31.0 Å². The van der Waals surface area contributed by atoms with Crippen LogP contribution >= 0.6 is 0 Å². The molecule has 1 aromatic carbocycles. The first-order valence-electron chi connectivity index (χ1n) is 7.36. The topological polar surface area (TPSA) is 84.9 Å². The van der Waals surface area contributed by atoms with Gasteiger partial charge in [0.1, 0.15) is 5.75 Å². The van der Waals surface area contributed by atoms with Crippen LogP contribution in [0.15, 0.2) is 24.3 Å². The molecule has 0 saturated carbocycles. The van der Waals surface area contributed by atoms with Crippen molar-refractivity contribution in [2.75, 3.05) is 33.1 Å². The predicted octanol–water partition coefficient (Wildman–Crippen LogP) is 1.59. The lowest BCUT2D eigenvalue weighted by atomic mass is 10.2. The van der Waals surface area contributed by atoms with E-state index in [0.717, 1.165) is 18.2 Å². The smallest absolute Gasteiger partial charge is 0.317 e. The lowest BCUT2D eigenvalue weighted by Gasteiger charge is -2.23. The third-order valence-electron chi connectivity index (χ3n) is 2.94. The fraction of sp³-hybridized carbons (Fsp3) is 0.533. The Bertz CT molecular complexity index is 586. The minimum atomic E-state index is -3.54. The van der Waals surface area contributed by atoms with Crippen molar-refractivity contribution in [1.82, 2.24) is 10.2 Å². The van der Waals surface area contributed by atoms with Gasteiger partial charge in [-0.25, -0.2) is 4.79 Å². The van der Waals surface area contributed by atoms with Gasteiger partial charge in [-0.2, -0.15) is 8.42 Å². The maximum absolute atomic E-state index is 12.1. The number of hydrogen-bond donors (Lipinski definition) is 1. The van der Waals surface area contributed by atoms with Gasteiger partial charge in [0, 0.05) is 33.4 Å². The second-order valence-electron chi connectivity index (χ2n) is 5.03. The van der Waals surface area contributed by atoms with E-state index in [1.165, 1.54) is 0 Å². The van der Waals surface area contributed by atoms with Crippen LogP contribution in [0.4, 0.5) is 4.79 Å². The summed E-state index contributed by atoms with van der Waals surface area (Å²) in [4.78, 5) is 13.8. The van der Waals surface area contributed by atoms with Crippen molar-refractivity contribution in [2.24, 2.45) is 0 Å². The van der Waals surface area contributed by atoms with E-state index in [2.05, 4.69) is 5.32 Å². The van der Waals surface area contributed by atoms with Crippen LogP contribution in [0.5, 0.6) is 5.75 Å². The molecular formula is C15H24N2O5S. The number of methoxy groups -OCH3 is 1. The van der Waals surface area contributed by atoms with E-state index in [-0.39, 0.29) is 11.8 Å². The lowest BCUT2D eigenvalue weighted by molar-refractivity contribution is 0.166. The SMILES string of the molecule is CCNC(=O)N(CCCOC)Cc1ccc(OS(C)(=O)=O)cc1. The molecule has 0 saturated heterocycles. The number of urea groups is 1. The maximum Gasteiger partial charge on any atom is 0.317 e. The Morgan fingerprint density at radius 3 is 2.43 bits per heavy atom. The Labute approximate surface area is 137 Å². The average Bonchev–Trinajstić information content (AvgIpc) is 2.47. The Morgan fingerprint density at radius 2 is 1.91 bits per heavy atom. The van der Waals surface area contributed by atoms with Crippen LogP contribution in [0.25, 0.3) is 0 Å². The Kier molecular flexibility index (Phi) is 7.84. The standard InChI is InChI=1S/C15H24N2O5S/c1-4-16-15(18)17(10-5-11-21-2)12-13-6-8-14(9-7-13)22-23(3,19)20/h6-9H,4-5,10-12H2,1-3H3,(H,16,18). The molecule has 0 fully saturated rings. The monoisotopic (exact) mass is 344 g/mol. The van der Waals surface area contributed by atoms with Crippen molar-refractivity contribution >= 4 is 16.1 Å². The van der Waals surface area contributed by atoms with Crippen LogP contribution in [0, 0.1) is 0 Å². The molecule has 0 aliphatic rings. The Morgan fingerprint density at radius 1 is 1.26 bits per heavy atom. The maximum atomic E-state index is 12.1. The van der Waals surface area contributed by atoms with E-state index in [4.69, 9.17) is 8.92 Å². The Hall–Kier alpha value is -1.80. The fourth-order valence-electron chi connectivity index (χ4n) is 1.96. The van der Waals surface area contributed by atoms with Gasteiger partial charge in [0.15, 0.2) is 0 Å². The highest BCUT2D eigenvalue weighted by atomic mass is 32.2. The molecule has 0 spiro atoms. The van der Waals surface area contributed by atoms with Gasteiger partial charge in [-0.15, -0.1) is 0 Å². The summed E-state index contributed by atoms with van der Waals surface area (Å²) in [5.74, 6) is 0.250. The third-order valence-corrected chi connectivity index (χ3v) is 3.43. The molecule has 0 radical (unpaired) electrons. The fourth-order valence-corrected chi connectivity index (χ4v) is 2.42. The van der Waals surface area contributed by atoms with Gasteiger partial charge >= 0.3 is 16.1 Å². The van der Waals surface area contributed by atoms with Crippen molar-refractivity contribution in [3.8, 4) is 5.75 Å². The van der Waals surface area contributed by atoms with Crippen molar-refractivity contribution in [3.05, 3.63) is 29.8 Å². The second-order valence-corrected chi connectivity index (χ2v) is 6.61. The van der Waals surface area contributed by atoms with Crippen LogP contribution < -0.4 is 9.50 Å². The molecule has 1 N–H and O–H groups in total. The van der Waals surface area contributed by atoms with Crippen molar-refractivity contribution in [1.29, 1.82) is 0 Å². The molecule has 1 aromatic rings. The van der Waals surface area contributed by atoms with Crippen molar-refractivity contribution in [2.45, 2.75) is 19.9 Å². The van der Waals surface area contributed by atoms with E-state index in [0.29, 0.717) is 26.2 Å². The Balaban J connectivity index is 2.72. The van der Waals surface area contributed by atoms with Crippen LogP contribution in [-0.4, -0.2) is 52.4 Å². The van der Waals surface area contributed by atoms with E-state index in [1.54, 1.807) is 36.3 Å². The molecule has 0 heterocycles. The second kappa shape index (κ2) is 9.36. The van der Waals surface area contributed by atoms with Gasteiger partial charge in [-0.3, -0.25) is 0 Å². The van der Waals surface area contributed by atoms with Crippen LogP contribution in [0.2, 0.25) is 0 Å². The highest BCUT2D eigenvalue weighted by Crippen LogP contribution is 2.15. The molecule has 23 heavy (non-hydrogen) atoms. The zero-order chi connectivity index (χ0) is 17.3. The van der Waals surface area contributed by atoms with Gasteiger partial charge in [0.2, 0.25) is 0 Å². The molecular weight excluding hydrogens is 320 g/mol. The van der Waals surface area contributed by atoms with Crippen molar-refractivity contribution in [3.63, 3.8) is 0 Å². The summed E-state index contributed by atoms with van der Waals surface area (Å²) in [6.07, 6.45) is 1.73. The summed E-state index contributed by atoms with van der Waals surface area (Å²) in [5, 5.41) is 2.78. The molecule has 0 aromatic heterocycles. The number of ether oxygens (including phenoxy) is 1. The molecule has 0 atom stereocenters. The van der Waals surface area contributed by atoms with Crippen LogP contribution in [0.3, 0.4) is 0 Å². The summed E-state index contributed by atoms with van der Waals surface area (Å²) < 4.78 is 32.0. The summed E-state index contributed by atoms with van der Waals surface area (Å²) in [6, 6.07) is 6.48. The van der Waals surface area contributed by atoms with Gasteiger partial charge in [0.05, 0.1) is 6.26 Å². The molecule has 0 unspecified atom stereocenters. The zero-order valence-electron chi connectivity index (χ0n) is 13.7. The van der Waals surface area contributed by atoms with Gasteiger partial charge in [0.25, 0.3) is 0 Å². The zero-order valence-corrected chi connectivity index (χ0v) is 14.6. The number of rotatable bonds is 9. The molecule has 8 heteroatoms. The number of hydrogen-bond acceptors (Lipinski definition) is 5. The first-order chi connectivity index (χ1) is 10.9. The minimum Gasteiger partial charge on any atom is -0.385 e. The van der Waals surface area contributed by atoms with E-state index in [1.807, 2.05) is 6.92 Å². The van der Waals surface area contributed by atoms with Gasteiger partial charge in [-0.1, -0.05) is 12.1 Å². The summed E-state index contributed by atoms with van der Waals surface area (Å²) in [5.41, 5.74) is 0.884. The molecule has 7 nitrogen and oxygen atoms in total. The van der Waals surface area contributed by atoms with E-state index < -0.39 is 10.1 Å². The number of amides is 2. The predicted molar refractivity (Wildman–Crippen MR) is 87.9 cm³/mol. The summed E-state index contributed by atoms with van der Waals surface area (Å²) >= 11 is 0. The largest absolute Gasteiger partial charge is 0.385 e. The molecule has 0 aliphatic heterocycles. The number of benzene rings is 1. The summed E-state index contributed by atoms with van der Waals surface area (Å²) in [6.45, 7) is 4.00. The number of carbonyl (C=O) groups excluding carboxylic acids is 1. The average molecular weight is 344 g/mol. The van der Waals surface area contributed by atoms with Crippen molar-refractivity contribution < 1.29 is 22.1 Å².